The molecule has 4 aliphatic rings. The van der Waals surface area contributed by atoms with E-state index in [1.54, 1.807) is 0 Å². The second-order valence-electron chi connectivity index (χ2n) is 21.8. The molecule has 0 saturated heterocycles. The van der Waals surface area contributed by atoms with Gasteiger partial charge in [0.15, 0.2) is 8.07 Å². The molecule has 0 fully saturated rings. The van der Waals surface area contributed by atoms with Gasteiger partial charge < -0.3 is 14.5 Å². The Morgan fingerprint density at radius 2 is 0.934 bits per heavy atom. The maximum atomic E-state index is 7.50. The first-order chi connectivity index (χ1) is 28.8. The van der Waals surface area contributed by atoms with Gasteiger partial charge in [-0.25, -0.2) is 0 Å². The third-order valence-corrected chi connectivity index (χ3v) is 19.8. The van der Waals surface area contributed by atoms with Crippen LogP contribution in [0, 0.1) is 0 Å². The Kier molecular flexibility index (Phi) is 7.72. The molecular formula is C57H58N2OSi. The van der Waals surface area contributed by atoms with Gasteiger partial charge in [0.1, 0.15) is 11.5 Å². The summed E-state index contributed by atoms with van der Waals surface area (Å²) in [6.45, 7) is 28.4. The minimum absolute atomic E-state index is 0.0906. The molecule has 306 valence electrons. The Balaban J connectivity index is 1.31. The molecule has 0 radical (unpaired) electrons. The standard InChI is InChI=1S/C57H58N2OSi/c1-13-61-51-45-27-36(54(2,3)4)28-46(51)59(40-24-25-42-41-20-16-17-21-43(41)57(11,12)44(42)33-40)48-30-38(56(8,9)10)32-50(53(48)61)60-49-31-37(55(5,6)7)29-47(52(49)61)58(45)39-23-22-34-18-14-15-19-35(34)26-39/h14-33H,13H2,1-12H3. The Morgan fingerprint density at radius 3 is 1.49 bits per heavy atom. The number of hydrogen-bond donors (Lipinski definition) is 0. The van der Waals surface area contributed by atoms with E-state index in [0.717, 1.165) is 17.5 Å². The van der Waals surface area contributed by atoms with Crippen LogP contribution in [0.1, 0.15) is 111 Å². The molecule has 3 aliphatic heterocycles. The second kappa shape index (κ2) is 12.3. The molecule has 61 heavy (non-hydrogen) atoms. The number of hydrogen-bond acceptors (Lipinski definition) is 3. The van der Waals surface area contributed by atoms with Crippen LogP contribution < -0.4 is 30.1 Å². The van der Waals surface area contributed by atoms with Crippen molar-refractivity contribution in [2.45, 2.75) is 111 Å². The van der Waals surface area contributed by atoms with E-state index in [9.17, 15) is 0 Å². The van der Waals surface area contributed by atoms with Crippen molar-refractivity contribution < 1.29 is 4.74 Å². The molecular weight excluding hydrogens is 757 g/mol. The molecule has 0 spiro atoms. The third kappa shape index (κ3) is 5.21. The van der Waals surface area contributed by atoms with Crippen LogP contribution in [0.25, 0.3) is 21.9 Å². The van der Waals surface area contributed by atoms with E-state index < -0.39 is 8.07 Å². The molecule has 7 aromatic rings. The number of fused-ring (bicyclic) bond motifs is 4. The number of rotatable bonds is 3. The van der Waals surface area contributed by atoms with Crippen molar-refractivity contribution in [3.8, 4) is 22.6 Å². The van der Waals surface area contributed by atoms with Gasteiger partial charge in [0.25, 0.3) is 0 Å². The summed E-state index contributed by atoms with van der Waals surface area (Å²) < 4.78 is 7.50. The molecule has 4 heteroatoms. The zero-order valence-electron chi connectivity index (χ0n) is 38.1. The lowest BCUT2D eigenvalue weighted by Crippen LogP contribution is -2.74. The molecule has 0 amide bonds. The summed E-state index contributed by atoms with van der Waals surface area (Å²) in [6, 6.07) is 48.2. The fourth-order valence-corrected chi connectivity index (χ4v) is 16.6. The lowest BCUT2D eigenvalue weighted by Gasteiger charge is -2.53. The number of benzene rings is 7. The molecule has 3 heterocycles. The Labute approximate surface area is 364 Å². The molecule has 0 N–H and O–H groups in total. The molecule has 0 saturated carbocycles. The second-order valence-corrected chi connectivity index (χ2v) is 25.9. The predicted molar refractivity (Wildman–Crippen MR) is 262 cm³/mol. The molecule has 3 nitrogen and oxygen atoms in total. The summed E-state index contributed by atoms with van der Waals surface area (Å²) in [5.74, 6) is 2.07. The van der Waals surface area contributed by atoms with Crippen molar-refractivity contribution in [3.63, 3.8) is 0 Å². The summed E-state index contributed by atoms with van der Waals surface area (Å²) in [5.41, 5.74) is 16.5. The number of nitrogens with zero attached hydrogens (tertiary/aromatic N) is 2. The van der Waals surface area contributed by atoms with E-state index in [4.69, 9.17) is 4.74 Å². The van der Waals surface area contributed by atoms with Crippen LogP contribution in [0.4, 0.5) is 34.1 Å². The average Bonchev–Trinajstić information content (AvgIpc) is 3.44. The van der Waals surface area contributed by atoms with E-state index in [0.29, 0.717) is 0 Å². The van der Waals surface area contributed by atoms with Gasteiger partial charge >= 0.3 is 0 Å². The molecule has 0 aromatic heterocycles. The van der Waals surface area contributed by atoms with Crippen LogP contribution in [-0.2, 0) is 21.7 Å². The minimum atomic E-state index is -2.78. The van der Waals surface area contributed by atoms with Gasteiger partial charge in [0, 0.05) is 38.5 Å². The maximum Gasteiger partial charge on any atom is 0.168 e. The van der Waals surface area contributed by atoms with Gasteiger partial charge in [0.05, 0.1) is 11.4 Å². The SMILES string of the molecule is CC[Si]12c3c4cc(C(C)(C)C)cc3N(c3ccc5c(c3)C(C)(C)c3ccccc3-5)c3cc(C(C)(C)C)cc(c31)N(c1ccc3ccccc3c1)c1cc(C(C)(C)C)cc(c12)O4. The van der Waals surface area contributed by atoms with E-state index in [2.05, 4.69) is 214 Å². The molecule has 0 bridgehead atoms. The van der Waals surface area contributed by atoms with E-state index in [1.165, 1.54) is 99.4 Å². The molecule has 11 rings (SSSR count). The average molecular weight is 815 g/mol. The first-order valence-corrected chi connectivity index (χ1v) is 24.6. The highest BCUT2D eigenvalue weighted by Crippen LogP contribution is 2.56. The van der Waals surface area contributed by atoms with E-state index in [-0.39, 0.29) is 21.7 Å². The van der Waals surface area contributed by atoms with E-state index in [1.807, 2.05) is 0 Å². The van der Waals surface area contributed by atoms with Crippen molar-refractivity contribution in [3.05, 3.63) is 149 Å². The predicted octanol–water partition coefficient (Wildman–Crippen LogP) is 14.2. The van der Waals surface area contributed by atoms with Gasteiger partial charge in [-0.2, -0.15) is 0 Å². The lowest BCUT2D eigenvalue weighted by molar-refractivity contribution is 0.478. The summed E-state index contributed by atoms with van der Waals surface area (Å²) in [7, 11) is -2.78. The third-order valence-electron chi connectivity index (χ3n) is 14.7. The summed E-state index contributed by atoms with van der Waals surface area (Å²) in [6.07, 6.45) is 0. The van der Waals surface area contributed by atoms with Crippen LogP contribution in [-0.4, -0.2) is 8.07 Å². The van der Waals surface area contributed by atoms with Crippen LogP contribution in [0.5, 0.6) is 11.5 Å². The van der Waals surface area contributed by atoms with Crippen molar-refractivity contribution in [1.29, 1.82) is 0 Å². The quantitative estimate of drug-likeness (QED) is 0.165. The summed E-state index contributed by atoms with van der Waals surface area (Å²) in [4.78, 5) is 5.28. The maximum absolute atomic E-state index is 7.50. The first-order valence-electron chi connectivity index (χ1n) is 22.4. The van der Waals surface area contributed by atoms with Gasteiger partial charge in [-0.3, -0.25) is 0 Å². The van der Waals surface area contributed by atoms with Gasteiger partial charge in [-0.05, 0) is 138 Å². The zero-order chi connectivity index (χ0) is 42.8. The molecule has 1 atom stereocenters. The van der Waals surface area contributed by atoms with Crippen molar-refractivity contribution in [2.24, 2.45) is 0 Å². The summed E-state index contributed by atoms with van der Waals surface area (Å²) in [5, 5.41) is 6.82. The number of anilines is 6. The monoisotopic (exact) mass is 814 g/mol. The molecule has 1 unspecified atom stereocenters. The zero-order valence-corrected chi connectivity index (χ0v) is 39.1. The molecule has 1 aliphatic carbocycles. The van der Waals surface area contributed by atoms with Gasteiger partial charge in [-0.15, -0.1) is 0 Å². The van der Waals surface area contributed by atoms with Crippen LogP contribution >= 0.6 is 0 Å². The fourth-order valence-electron chi connectivity index (χ4n) is 11.3. The van der Waals surface area contributed by atoms with Gasteiger partial charge in [0.2, 0.25) is 0 Å². The smallest absolute Gasteiger partial charge is 0.168 e. The first kappa shape index (κ1) is 38.3. The van der Waals surface area contributed by atoms with Crippen LogP contribution in [0.15, 0.2) is 121 Å². The van der Waals surface area contributed by atoms with Crippen molar-refractivity contribution in [2.75, 3.05) is 9.80 Å². The minimum Gasteiger partial charge on any atom is -0.457 e. The Bertz CT molecular complexity index is 3040. The molecule has 7 aromatic carbocycles. The highest BCUT2D eigenvalue weighted by atomic mass is 28.3. The van der Waals surface area contributed by atoms with Gasteiger partial charge in [-0.1, -0.05) is 144 Å². The van der Waals surface area contributed by atoms with Crippen molar-refractivity contribution >= 4 is 68.5 Å². The lowest BCUT2D eigenvalue weighted by atomic mass is 9.82. The normalized spacial score (nSPS) is 17.8. The fraction of sp³-hybridized carbons (Fsp3) is 0.298. The van der Waals surface area contributed by atoms with Crippen molar-refractivity contribution in [1.82, 2.24) is 0 Å². The van der Waals surface area contributed by atoms with E-state index >= 15 is 0 Å². The summed E-state index contributed by atoms with van der Waals surface area (Å²) >= 11 is 0. The largest absolute Gasteiger partial charge is 0.457 e. The van der Waals surface area contributed by atoms with Crippen LogP contribution in [0.2, 0.25) is 6.04 Å². The Hall–Kier alpha value is -5.58. The Morgan fingerprint density at radius 1 is 0.475 bits per heavy atom. The number of ether oxygens (including phenoxy) is 1. The highest BCUT2D eigenvalue weighted by Gasteiger charge is 2.58. The topological polar surface area (TPSA) is 15.7 Å². The highest BCUT2D eigenvalue weighted by molar-refractivity contribution is 7.16. The van der Waals surface area contributed by atoms with Crippen LogP contribution in [0.3, 0.4) is 0 Å².